The molecule has 0 heterocycles. The molecular weight excluding hydrogens is 327 g/mol. The summed E-state index contributed by atoms with van der Waals surface area (Å²) in [6, 6.07) is 4.33. The number of amides is 1. The molecule has 1 aromatic rings. The number of rotatable bonds is 8. The SMILES string of the molecule is C=CCNC(=O)[C@H](C)OC(=O)CNS(=O)(=O)c1cccc(F)c1. The summed E-state index contributed by atoms with van der Waals surface area (Å²) in [5.41, 5.74) is 0. The van der Waals surface area contributed by atoms with Gasteiger partial charge in [-0.15, -0.1) is 6.58 Å². The van der Waals surface area contributed by atoms with Crippen molar-refractivity contribution in [3.8, 4) is 0 Å². The third kappa shape index (κ3) is 6.17. The highest BCUT2D eigenvalue weighted by Gasteiger charge is 2.20. The Kier molecular flexibility index (Phi) is 6.86. The number of benzene rings is 1. The zero-order valence-corrected chi connectivity index (χ0v) is 13.2. The number of hydrogen-bond acceptors (Lipinski definition) is 5. The van der Waals surface area contributed by atoms with Crippen LogP contribution in [0.5, 0.6) is 0 Å². The number of halogens is 1. The summed E-state index contributed by atoms with van der Waals surface area (Å²) in [5.74, 6) is -2.19. The topological polar surface area (TPSA) is 102 Å². The lowest BCUT2D eigenvalue weighted by Crippen LogP contribution is -2.38. The molecule has 0 aliphatic rings. The summed E-state index contributed by atoms with van der Waals surface area (Å²) in [6.07, 6.45) is 0.376. The van der Waals surface area contributed by atoms with E-state index >= 15 is 0 Å². The van der Waals surface area contributed by atoms with Crippen LogP contribution in [0.25, 0.3) is 0 Å². The van der Waals surface area contributed by atoms with E-state index in [1.807, 2.05) is 4.72 Å². The van der Waals surface area contributed by atoms with Crippen LogP contribution < -0.4 is 10.0 Å². The maximum Gasteiger partial charge on any atom is 0.321 e. The van der Waals surface area contributed by atoms with Crippen molar-refractivity contribution >= 4 is 21.9 Å². The molecule has 0 spiro atoms. The predicted molar refractivity (Wildman–Crippen MR) is 80.3 cm³/mol. The third-order valence-electron chi connectivity index (χ3n) is 2.61. The van der Waals surface area contributed by atoms with E-state index in [1.54, 1.807) is 0 Å². The molecule has 0 aliphatic heterocycles. The Morgan fingerprint density at radius 2 is 2.13 bits per heavy atom. The first-order chi connectivity index (χ1) is 10.8. The van der Waals surface area contributed by atoms with E-state index in [9.17, 15) is 22.4 Å². The Labute approximate surface area is 133 Å². The minimum Gasteiger partial charge on any atom is -0.452 e. The lowest BCUT2D eigenvalue weighted by atomic mass is 10.3. The second-order valence-electron chi connectivity index (χ2n) is 4.45. The molecule has 0 aliphatic carbocycles. The van der Waals surface area contributed by atoms with E-state index < -0.39 is 40.4 Å². The summed E-state index contributed by atoms with van der Waals surface area (Å²) >= 11 is 0. The van der Waals surface area contributed by atoms with Crippen molar-refractivity contribution in [3.05, 3.63) is 42.7 Å². The largest absolute Gasteiger partial charge is 0.452 e. The number of sulfonamides is 1. The van der Waals surface area contributed by atoms with Crippen LogP contribution in [-0.2, 0) is 24.3 Å². The number of esters is 1. The van der Waals surface area contributed by atoms with Crippen LogP contribution in [0.3, 0.4) is 0 Å². The lowest BCUT2D eigenvalue weighted by molar-refractivity contribution is -0.153. The molecule has 126 valence electrons. The summed E-state index contributed by atoms with van der Waals surface area (Å²) in [5, 5.41) is 2.43. The zero-order valence-electron chi connectivity index (χ0n) is 12.4. The summed E-state index contributed by atoms with van der Waals surface area (Å²) in [7, 11) is -4.05. The molecule has 0 unspecified atom stereocenters. The first-order valence-electron chi connectivity index (χ1n) is 6.59. The zero-order chi connectivity index (χ0) is 17.5. The highest BCUT2D eigenvalue weighted by Crippen LogP contribution is 2.09. The molecule has 1 atom stereocenters. The number of hydrogen-bond donors (Lipinski definition) is 2. The fourth-order valence-corrected chi connectivity index (χ4v) is 2.48. The quantitative estimate of drug-likeness (QED) is 0.523. The smallest absolute Gasteiger partial charge is 0.321 e. The second kappa shape index (κ2) is 8.39. The molecule has 0 saturated heterocycles. The molecule has 0 aromatic heterocycles. The highest BCUT2D eigenvalue weighted by molar-refractivity contribution is 7.89. The second-order valence-corrected chi connectivity index (χ2v) is 6.21. The van der Waals surface area contributed by atoms with Crippen LogP contribution in [0.1, 0.15) is 6.92 Å². The van der Waals surface area contributed by atoms with E-state index in [0.29, 0.717) is 0 Å². The van der Waals surface area contributed by atoms with Gasteiger partial charge in [0.05, 0.1) is 4.90 Å². The van der Waals surface area contributed by atoms with Gasteiger partial charge in [-0.1, -0.05) is 12.1 Å². The summed E-state index contributed by atoms with van der Waals surface area (Å²) in [6.45, 7) is 4.30. The molecule has 0 radical (unpaired) electrons. The molecular formula is C14H17FN2O5S. The Balaban J connectivity index is 2.55. The van der Waals surface area contributed by atoms with Gasteiger partial charge >= 0.3 is 5.97 Å². The van der Waals surface area contributed by atoms with Gasteiger partial charge in [0.2, 0.25) is 10.0 Å². The van der Waals surface area contributed by atoms with Crippen molar-refractivity contribution in [2.24, 2.45) is 0 Å². The van der Waals surface area contributed by atoms with E-state index in [0.717, 1.165) is 12.1 Å². The molecule has 0 saturated carbocycles. The van der Waals surface area contributed by atoms with Crippen LogP contribution in [-0.4, -0.2) is 39.5 Å². The minimum absolute atomic E-state index is 0.215. The lowest BCUT2D eigenvalue weighted by Gasteiger charge is -2.13. The van der Waals surface area contributed by atoms with Crippen LogP contribution >= 0.6 is 0 Å². The van der Waals surface area contributed by atoms with Crippen molar-refractivity contribution in [1.29, 1.82) is 0 Å². The van der Waals surface area contributed by atoms with Crippen molar-refractivity contribution in [2.45, 2.75) is 17.9 Å². The summed E-state index contributed by atoms with van der Waals surface area (Å²) < 4.78 is 43.5. The molecule has 7 nitrogen and oxygen atoms in total. The first kappa shape index (κ1) is 18.8. The fourth-order valence-electron chi connectivity index (χ4n) is 1.48. The number of ether oxygens (including phenoxy) is 1. The first-order valence-corrected chi connectivity index (χ1v) is 8.08. The maximum atomic E-state index is 13.0. The Bertz CT molecular complexity index is 690. The van der Waals surface area contributed by atoms with Crippen molar-refractivity contribution in [3.63, 3.8) is 0 Å². The van der Waals surface area contributed by atoms with Gasteiger partial charge in [-0.3, -0.25) is 9.59 Å². The Morgan fingerprint density at radius 3 is 2.74 bits per heavy atom. The minimum atomic E-state index is -4.05. The monoisotopic (exact) mass is 344 g/mol. The Morgan fingerprint density at radius 1 is 1.43 bits per heavy atom. The maximum absolute atomic E-state index is 13.0. The molecule has 2 N–H and O–H groups in total. The predicted octanol–water partition coefficient (Wildman–Crippen LogP) is 0.338. The molecule has 9 heteroatoms. The van der Waals surface area contributed by atoms with E-state index in [2.05, 4.69) is 11.9 Å². The molecule has 23 heavy (non-hydrogen) atoms. The highest BCUT2D eigenvalue weighted by atomic mass is 32.2. The van der Waals surface area contributed by atoms with Gasteiger partial charge in [0.1, 0.15) is 12.4 Å². The third-order valence-corrected chi connectivity index (χ3v) is 4.01. The van der Waals surface area contributed by atoms with E-state index in [1.165, 1.54) is 25.1 Å². The van der Waals surface area contributed by atoms with Crippen molar-refractivity contribution in [1.82, 2.24) is 10.0 Å². The summed E-state index contributed by atoms with van der Waals surface area (Å²) in [4.78, 5) is 22.7. The van der Waals surface area contributed by atoms with Crippen molar-refractivity contribution in [2.75, 3.05) is 13.1 Å². The number of carbonyl (C=O) groups excluding carboxylic acids is 2. The van der Waals surface area contributed by atoms with Crippen LogP contribution in [0.2, 0.25) is 0 Å². The van der Waals surface area contributed by atoms with Crippen LogP contribution in [0.4, 0.5) is 4.39 Å². The van der Waals surface area contributed by atoms with E-state index in [4.69, 9.17) is 4.74 Å². The van der Waals surface area contributed by atoms with Gasteiger partial charge < -0.3 is 10.1 Å². The molecule has 1 aromatic carbocycles. The molecule has 0 fully saturated rings. The van der Waals surface area contributed by atoms with Gasteiger partial charge in [-0.05, 0) is 25.1 Å². The Hall–Kier alpha value is -2.26. The van der Waals surface area contributed by atoms with Gasteiger partial charge in [0.15, 0.2) is 6.10 Å². The molecule has 1 amide bonds. The average Bonchev–Trinajstić information content (AvgIpc) is 2.50. The fraction of sp³-hybridized carbons (Fsp3) is 0.286. The number of nitrogens with one attached hydrogen (secondary N) is 2. The molecule has 1 rings (SSSR count). The van der Waals surface area contributed by atoms with Crippen molar-refractivity contribution < 1.29 is 27.1 Å². The van der Waals surface area contributed by atoms with E-state index in [-0.39, 0.29) is 11.4 Å². The molecule has 0 bridgehead atoms. The van der Waals surface area contributed by atoms with Gasteiger partial charge in [0.25, 0.3) is 5.91 Å². The van der Waals surface area contributed by atoms with Gasteiger partial charge in [0, 0.05) is 6.54 Å². The van der Waals surface area contributed by atoms with Crippen LogP contribution in [0, 0.1) is 5.82 Å². The van der Waals surface area contributed by atoms with Gasteiger partial charge in [-0.2, -0.15) is 4.72 Å². The number of carbonyl (C=O) groups is 2. The standard InChI is InChI=1S/C14H17FN2O5S/c1-3-7-16-14(19)10(2)22-13(18)9-17-23(20,21)12-6-4-5-11(15)8-12/h3-6,8,10,17H,1,7,9H2,2H3,(H,16,19)/t10-/m0/s1. The average molecular weight is 344 g/mol. The van der Waals surface area contributed by atoms with Crippen LogP contribution in [0.15, 0.2) is 41.8 Å². The van der Waals surface area contributed by atoms with Gasteiger partial charge in [-0.25, -0.2) is 12.8 Å². The normalized spacial score (nSPS) is 12.3.